The molecule has 1 saturated heterocycles. The van der Waals surface area contributed by atoms with Gasteiger partial charge in [0.2, 0.25) is 0 Å². The zero-order valence-corrected chi connectivity index (χ0v) is 13.5. The number of Topliss-reactive ketones (excluding diaryl/α,β-unsaturated/α-hetero) is 1. The Morgan fingerprint density at radius 1 is 0.958 bits per heavy atom. The molecule has 0 aliphatic carbocycles. The minimum Gasteiger partial charge on any atom is -0.475 e. The van der Waals surface area contributed by atoms with Crippen LogP contribution in [0.15, 0.2) is 54.6 Å². The van der Waals surface area contributed by atoms with Crippen LogP contribution in [0.4, 0.5) is 0 Å². The highest BCUT2D eigenvalue weighted by molar-refractivity contribution is 6.40. The van der Waals surface area contributed by atoms with Crippen molar-refractivity contribution < 1.29 is 14.7 Å². The molecule has 124 valence electrons. The van der Waals surface area contributed by atoms with Crippen LogP contribution in [0, 0.1) is 0 Å². The number of carbonyl (C=O) groups excluding carboxylic acids is 1. The van der Waals surface area contributed by atoms with Crippen LogP contribution in [-0.4, -0.2) is 34.8 Å². The van der Waals surface area contributed by atoms with E-state index in [2.05, 4.69) is 29.2 Å². The number of benzene rings is 2. The summed E-state index contributed by atoms with van der Waals surface area (Å²) < 4.78 is 0. The SMILES string of the molecule is O=C(O)C(=O)c1ccccc1C1CCN(Cc2ccccc2)CC1. The molecule has 2 aromatic carbocycles. The van der Waals surface area contributed by atoms with Gasteiger partial charge in [0.25, 0.3) is 5.78 Å². The van der Waals surface area contributed by atoms with Gasteiger partial charge >= 0.3 is 5.97 Å². The van der Waals surface area contributed by atoms with Crippen molar-refractivity contribution in [3.8, 4) is 0 Å². The molecular weight excluding hydrogens is 302 g/mol. The van der Waals surface area contributed by atoms with Gasteiger partial charge in [0.15, 0.2) is 0 Å². The van der Waals surface area contributed by atoms with Crippen LogP contribution in [0.3, 0.4) is 0 Å². The summed E-state index contributed by atoms with van der Waals surface area (Å²) in [5, 5.41) is 9.01. The fraction of sp³-hybridized carbons (Fsp3) is 0.300. The van der Waals surface area contributed by atoms with Gasteiger partial charge in [-0.15, -0.1) is 0 Å². The molecule has 3 rings (SSSR count). The first-order chi connectivity index (χ1) is 11.6. The van der Waals surface area contributed by atoms with E-state index in [0.29, 0.717) is 5.56 Å². The smallest absolute Gasteiger partial charge is 0.377 e. The Labute approximate surface area is 141 Å². The van der Waals surface area contributed by atoms with E-state index in [0.717, 1.165) is 38.0 Å². The van der Waals surface area contributed by atoms with Crippen molar-refractivity contribution >= 4 is 11.8 Å². The normalized spacial score (nSPS) is 16.0. The third kappa shape index (κ3) is 3.71. The van der Waals surface area contributed by atoms with Gasteiger partial charge in [0.1, 0.15) is 0 Å². The zero-order chi connectivity index (χ0) is 16.9. The Hall–Kier alpha value is -2.46. The number of rotatable bonds is 5. The number of nitrogens with zero attached hydrogens (tertiary/aromatic N) is 1. The average molecular weight is 323 g/mol. The maximum absolute atomic E-state index is 11.9. The van der Waals surface area contributed by atoms with Crippen LogP contribution in [0.5, 0.6) is 0 Å². The highest BCUT2D eigenvalue weighted by Gasteiger charge is 2.26. The van der Waals surface area contributed by atoms with E-state index in [9.17, 15) is 9.59 Å². The molecule has 0 bridgehead atoms. The molecule has 4 heteroatoms. The fourth-order valence-electron chi connectivity index (χ4n) is 3.42. The van der Waals surface area contributed by atoms with Crippen molar-refractivity contribution in [2.75, 3.05) is 13.1 Å². The van der Waals surface area contributed by atoms with Gasteiger partial charge in [-0.25, -0.2) is 4.79 Å². The Morgan fingerprint density at radius 2 is 1.58 bits per heavy atom. The average Bonchev–Trinajstić information content (AvgIpc) is 2.62. The van der Waals surface area contributed by atoms with Gasteiger partial charge < -0.3 is 5.11 Å². The second kappa shape index (κ2) is 7.41. The highest BCUT2D eigenvalue weighted by atomic mass is 16.4. The summed E-state index contributed by atoms with van der Waals surface area (Å²) in [7, 11) is 0. The fourth-order valence-corrected chi connectivity index (χ4v) is 3.42. The molecular formula is C20H21NO3. The molecule has 1 fully saturated rings. The largest absolute Gasteiger partial charge is 0.475 e. The first-order valence-corrected chi connectivity index (χ1v) is 8.28. The van der Waals surface area contributed by atoms with Crippen molar-refractivity contribution in [1.29, 1.82) is 0 Å². The van der Waals surface area contributed by atoms with Crippen LogP contribution in [0.1, 0.15) is 40.2 Å². The number of hydrogen-bond donors (Lipinski definition) is 1. The first kappa shape index (κ1) is 16.4. The van der Waals surface area contributed by atoms with E-state index in [1.807, 2.05) is 18.2 Å². The monoisotopic (exact) mass is 323 g/mol. The number of carboxylic acids is 1. The van der Waals surface area contributed by atoms with Gasteiger partial charge in [0.05, 0.1) is 0 Å². The molecule has 1 heterocycles. The molecule has 1 aliphatic heterocycles. The summed E-state index contributed by atoms with van der Waals surface area (Å²) >= 11 is 0. The summed E-state index contributed by atoms with van der Waals surface area (Å²) in [6, 6.07) is 17.5. The lowest BCUT2D eigenvalue weighted by Gasteiger charge is -2.32. The number of likely N-dealkylation sites (tertiary alicyclic amines) is 1. The molecule has 0 spiro atoms. The lowest BCUT2D eigenvalue weighted by atomic mass is 9.85. The molecule has 0 aromatic heterocycles. The van der Waals surface area contributed by atoms with E-state index < -0.39 is 11.8 Å². The van der Waals surface area contributed by atoms with Gasteiger partial charge in [-0.3, -0.25) is 9.69 Å². The third-order valence-electron chi connectivity index (χ3n) is 4.68. The Morgan fingerprint density at radius 3 is 2.25 bits per heavy atom. The minimum atomic E-state index is -1.39. The number of ketones is 1. The van der Waals surface area contributed by atoms with Crippen LogP contribution < -0.4 is 0 Å². The number of hydrogen-bond acceptors (Lipinski definition) is 3. The summed E-state index contributed by atoms with van der Waals surface area (Å²) in [5.74, 6) is -1.95. The molecule has 24 heavy (non-hydrogen) atoms. The molecule has 1 N–H and O–H groups in total. The number of carbonyl (C=O) groups is 2. The number of piperidine rings is 1. The van der Waals surface area contributed by atoms with Gasteiger partial charge in [-0.05, 0) is 43.0 Å². The molecule has 1 aliphatic rings. The molecule has 4 nitrogen and oxygen atoms in total. The highest BCUT2D eigenvalue weighted by Crippen LogP contribution is 2.31. The predicted octanol–water partition coefficient (Wildman–Crippen LogP) is 3.33. The maximum Gasteiger partial charge on any atom is 0.377 e. The maximum atomic E-state index is 11.9. The second-order valence-corrected chi connectivity index (χ2v) is 6.26. The predicted molar refractivity (Wildman–Crippen MR) is 92.1 cm³/mol. The Balaban J connectivity index is 1.67. The van der Waals surface area contributed by atoms with Gasteiger partial charge in [-0.2, -0.15) is 0 Å². The van der Waals surface area contributed by atoms with Crippen molar-refractivity contribution in [2.24, 2.45) is 0 Å². The van der Waals surface area contributed by atoms with Crippen LogP contribution in [0.2, 0.25) is 0 Å². The topological polar surface area (TPSA) is 57.6 Å². The molecule has 0 radical (unpaired) electrons. The molecule has 2 aromatic rings. The molecule has 0 saturated carbocycles. The summed E-state index contributed by atoms with van der Waals surface area (Å²) in [6.45, 7) is 2.84. The number of aliphatic carboxylic acids is 1. The summed E-state index contributed by atoms with van der Waals surface area (Å²) in [5.41, 5.74) is 2.52. The molecule has 0 unspecified atom stereocenters. The molecule has 0 atom stereocenters. The first-order valence-electron chi connectivity index (χ1n) is 8.28. The van der Waals surface area contributed by atoms with E-state index in [1.165, 1.54) is 5.56 Å². The Kier molecular flexibility index (Phi) is 5.06. The Bertz CT molecular complexity index is 719. The number of carboxylic acid groups (broad SMARTS) is 1. The summed E-state index contributed by atoms with van der Waals surface area (Å²) in [6.07, 6.45) is 1.88. The van der Waals surface area contributed by atoms with Crippen molar-refractivity contribution in [3.05, 3.63) is 71.3 Å². The van der Waals surface area contributed by atoms with E-state index in [-0.39, 0.29) is 5.92 Å². The van der Waals surface area contributed by atoms with Crippen molar-refractivity contribution in [1.82, 2.24) is 4.90 Å². The molecule has 0 amide bonds. The van der Waals surface area contributed by atoms with E-state index >= 15 is 0 Å². The quantitative estimate of drug-likeness (QED) is 0.677. The summed E-state index contributed by atoms with van der Waals surface area (Å²) in [4.78, 5) is 25.3. The van der Waals surface area contributed by atoms with Crippen molar-refractivity contribution in [3.63, 3.8) is 0 Å². The van der Waals surface area contributed by atoms with E-state index in [1.54, 1.807) is 12.1 Å². The third-order valence-corrected chi connectivity index (χ3v) is 4.68. The van der Waals surface area contributed by atoms with Gasteiger partial charge in [0, 0.05) is 12.1 Å². The van der Waals surface area contributed by atoms with Crippen LogP contribution in [0.25, 0.3) is 0 Å². The van der Waals surface area contributed by atoms with Gasteiger partial charge in [-0.1, -0.05) is 54.6 Å². The van der Waals surface area contributed by atoms with Crippen molar-refractivity contribution in [2.45, 2.75) is 25.3 Å². The lowest BCUT2D eigenvalue weighted by Crippen LogP contribution is -2.33. The van der Waals surface area contributed by atoms with Crippen LogP contribution in [-0.2, 0) is 11.3 Å². The lowest BCUT2D eigenvalue weighted by molar-refractivity contribution is -0.131. The minimum absolute atomic E-state index is 0.247. The zero-order valence-electron chi connectivity index (χ0n) is 13.5. The second-order valence-electron chi connectivity index (χ2n) is 6.26. The standard InChI is InChI=1S/C20H21NO3/c22-19(20(23)24)18-9-5-4-8-17(18)16-10-12-21(13-11-16)14-15-6-2-1-3-7-15/h1-9,16H,10-14H2,(H,23,24). The van der Waals surface area contributed by atoms with Crippen LogP contribution >= 0.6 is 0 Å². The van der Waals surface area contributed by atoms with E-state index in [4.69, 9.17) is 5.11 Å².